The highest BCUT2D eigenvalue weighted by Crippen LogP contribution is 2.33. The van der Waals surface area contributed by atoms with E-state index in [2.05, 4.69) is 5.32 Å². The molecule has 7 heteroatoms. The first-order valence-corrected chi connectivity index (χ1v) is 8.15. The maximum atomic E-state index is 12.0. The zero-order chi connectivity index (χ0) is 19.1. The SMILES string of the molecule is N#C/C(=C\c1ccc2c(c1)OCO2)C(=O)OCC(=O)NCc1ccccc1. The molecule has 1 aliphatic heterocycles. The fourth-order valence-electron chi connectivity index (χ4n) is 2.36. The van der Waals surface area contributed by atoms with E-state index >= 15 is 0 Å². The molecule has 0 spiro atoms. The lowest BCUT2D eigenvalue weighted by Crippen LogP contribution is -2.28. The van der Waals surface area contributed by atoms with Gasteiger partial charge in [-0.05, 0) is 29.3 Å². The molecule has 0 saturated heterocycles. The van der Waals surface area contributed by atoms with Gasteiger partial charge in [-0.25, -0.2) is 4.79 Å². The van der Waals surface area contributed by atoms with Gasteiger partial charge in [0.1, 0.15) is 11.6 Å². The number of carbonyl (C=O) groups is 2. The Bertz CT molecular complexity index is 916. The number of benzene rings is 2. The van der Waals surface area contributed by atoms with Gasteiger partial charge in [0.15, 0.2) is 18.1 Å². The summed E-state index contributed by atoms with van der Waals surface area (Å²) in [5, 5.41) is 11.8. The van der Waals surface area contributed by atoms with E-state index in [9.17, 15) is 14.9 Å². The second-order valence-corrected chi connectivity index (χ2v) is 5.62. The Morgan fingerprint density at radius 2 is 1.93 bits per heavy atom. The molecule has 1 heterocycles. The molecule has 1 N–H and O–H groups in total. The molecule has 2 aromatic rings. The molecule has 0 aromatic heterocycles. The van der Waals surface area contributed by atoms with Crippen molar-refractivity contribution in [3.63, 3.8) is 0 Å². The first-order valence-electron chi connectivity index (χ1n) is 8.15. The van der Waals surface area contributed by atoms with Crippen LogP contribution in [0.15, 0.2) is 54.1 Å². The third-order valence-corrected chi connectivity index (χ3v) is 3.71. The monoisotopic (exact) mass is 364 g/mol. The summed E-state index contributed by atoms with van der Waals surface area (Å²) in [5.74, 6) is -0.185. The topological polar surface area (TPSA) is 97.7 Å². The average molecular weight is 364 g/mol. The van der Waals surface area contributed by atoms with Gasteiger partial charge < -0.3 is 19.5 Å². The number of hydrogen-bond donors (Lipinski definition) is 1. The third-order valence-electron chi connectivity index (χ3n) is 3.71. The summed E-state index contributed by atoms with van der Waals surface area (Å²) in [7, 11) is 0. The highest BCUT2D eigenvalue weighted by atomic mass is 16.7. The number of esters is 1. The highest BCUT2D eigenvalue weighted by Gasteiger charge is 2.16. The number of carbonyl (C=O) groups excluding carboxylic acids is 2. The van der Waals surface area contributed by atoms with Gasteiger partial charge in [0.2, 0.25) is 6.79 Å². The number of hydrogen-bond acceptors (Lipinski definition) is 6. The zero-order valence-corrected chi connectivity index (χ0v) is 14.3. The lowest BCUT2D eigenvalue weighted by Gasteiger charge is -2.06. The number of nitrogens with zero attached hydrogens (tertiary/aromatic N) is 1. The molecule has 27 heavy (non-hydrogen) atoms. The minimum absolute atomic E-state index is 0.133. The molecule has 3 rings (SSSR count). The summed E-state index contributed by atoms with van der Waals surface area (Å²) in [4.78, 5) is 23.8. The van der Waals surface area contributed by atoms with E-state index in [1.807, 2.05) is 30.3 Å². The molecule has 0 unspecified atom stereocenters. The Balaban J connectivity index is 1.54. The van der Waals surface area contributed by atoms with Crippen molar-refractivity contribution in [1.29, 1.82) is 5.26 Å². The lowest BCUT2D eigenvalue weighted by atomic mass is 10.1. The molecule has 0 bridgehead atoms. The van der Waals surface area contributed by atoms with E-state index < -0.39 is 18.5 Å². The number of amides is 1. The van der Waals surface area contributed by atoms with Crippen LogP contribution in [0.4, 0.5) is 0 Å². The van der Waals surface area contributed by atoms with Crippen LogP contribution in [0.1, 0.15) is 11.1 Å². The normalized spacial score (nSPS) is 12.2. The van der Waals surface area contributed by atoms with E-state index in [0.717, 1.165) is 5.56 Å². The number of nitrogens with one attached hydrogen (secondary N) is 1. The molecular weight excluding hydrogens is 348 g/mol. The predicted octanol–water partition coefficient (Wildman–Crippen LogP) is 2.18. The maximum absolute atomic E-state index is 12.0. The molecule has 0 fully saturated rings. The van der Waals surface area contributed by atoms with E-state index in [1.165, 1.54) is 6.08 Å². The molecule has 0 saturated carbocycles. The van der Waals surface area contributed by atoms with Crippen LogP contribution in [0.5, 0.6) is 11.5 Å². The Morgan fingerprint density at radius 1 is 1.15 bits per heavy atom. The third kappa shape index (κ3) is 4.86. The summed E-state index contributed by atoms with van der Waals surface area (Å²) in [6, 6.07) is 16.1. The van der Waals surface area contributed by atoms with Gasteiger partial charge in [0.05, 0.1) is 0 Å². The van der Waals surface area contributed by atoms with Crippen molar-refractivity contribution in [2.24, 2.45) is 0 Å². The molecule has 2 aromatic carbocycles. The molecule has 0 aliphatic carbocycles. The van der Waals surface area contributed by atoms with Gasteiger partial charge in [-0.15, -0.1) is 0 Å². The number of rotatable bonds is 6. The Hall–Kier alpha value is -3.79. The highest BCUT2D eigenvalue weighted by molar-refractivity contribution is 5.98. The standard InChI is InChI=1S/C20H16N2O5/c21-10-16(8-15-6-7-17-18(9-15)27-13-26-17)20(24)25-12-19(23)22-11-14-4-2-1-3-5-14/h1-9H,11-13H2,(H,22,23)/b16-8+. The van der Waals surface area contributed by atoms with E-state index in [1.54, 1.807) is 24.3 Å². The second-order valence-electron chi connectivity index (χ2n) is 5.62. The molecule has 0 atom stereocenters. The van der Waals surface area contributed by atoms with Crippen LogP contribution < -0.4 is 14.8 Å². The Morgan fingerprint density at radius 3 is 2.70 bits per heavy atom. The quantitative estimate of drug-likeness (QED) is 0.479. The lowest BCUT2D eigenvalue weighted by molar-refractivity contribution is -0.144. The fraction of sp³-hybridized carbons (Fsp3) is 0.150. The summed E-state index contributed by atoms with van der Waals surface area (Å²) in [5.41, 5.74) is 1.29. The molecule has 0 radical (unpaired) electrons. The molecular formula is C20H16N2O5. The molecule has 1 amide bonds. The zero-order valence-electron chi connectivity index (χ0n) is 14.3. The molecule has 7 nitrogen and oxygen atoms in total. The largest absolute Gasteiger partial charge is 0.454 e. The van der Waals surface area contributed by atoms with Crippen molar-refractivity contribution in [1.82, 2.24) is 5.32 Å². The minimum atomic E-state index is -0.870. The smallest absolute Gasteiger partial charge is 0.349 e. The number of fused-ring (bicyclic) bond motifs is 1. The predicted molar refractivity (Wildman–Crippen MR) is 95.4 cm³/mol. The molecule has 136 valence electrons. The minimum Gasteiger partial charge on any atom is -0.454 e. The van der Waals surface area contributed by atoms with Crippen LogP contribution >= 0.6 is 0 Å². The second kappa shape index (κ2) is 8.54. The van der Waals surface area contributed by atoms with Gasteiger partial charge >= 0.3 is 5.97 Å². The summed E-state index contributed by atoms with van der Waals surface area (Å²) in [6.45, 7) is -0.00502. The van der Waals surface area contributed by atoms with Gasteiger partial charge in [-0.2, -0.15) is 5.26 Å². The van der Waals surface area contributed by atoms with Gasteiger partial charge in [0.25, 0.3) is 5.91 Å². The Kier molecular flexibility index (Phi) is 5.70. The van der Waals surface area contributed by atoms with Gasteiger partial charge in [0, 0.05) is 6.54 Å². The number of ether oxygens (including phenoxy) is 3. The van der Waals surface area contributed by atoms with Crippen LogP contribution in [-0.2, 0) is 20.9 Å². The van der Waals surface area contributed by atoms with Crippen molar-refractivity contribution in [2.45, 2.75) is 6.54 Å². The maximum Gasteiger partial charge on any atom is 0.349 e. The van der Waals surface area contributed by atoms with Crippen LogP contribution in [0, 0.1) is 11.3 Å². The first-order chi connectivity index (χ1) is 13.2. The van der Waals surface area contributed by atoms with Gasteiger partial charge in [-0.3, -0.25) is 4.79 Å². The van der Waals surface area contributed by atoms with Crippen molar-refractivity contribution >= 4 is 18.0 Å². The van der Waals surface area contributed by atoms with Crippen LogP contribution in [0.2, 0.25) is 0 Å². The van der Waals surface area contributed by atoms with E-state index in [0.29, 0.717) is 23.6 Å². The van der Waals surface area contributed by atoms with Crippen molar-refractivity contribution in [3.05, 3.63) is 65.2 Å². The van der Waals surface area contributed by atoms with E-state index in [4.69, 9.17) is 14.2 Å². The van der Waals surface area contributed by atoms with Crippen molar-refractivity contribution in [2.75, 3.05) is 13.4 Å². The Labute approximate surface area is 155 Å². The first kappa shape index (κ1) is 18.0. The summed E-state index contributed by atoms with van der Waals surface area (Å²) >= 11 is 0. The number of nitriles is 1. The van der Waals surface area contributed by atoms with Crippen molar-refractivity contribution < 1.29 is 23.8 Å². The molecule has 1 aliphatic rings. The average Bonchev–Trinajstić information content (AvgIpc) is 3.17. The fourth-order valence-corrected chi connectivity index (χ4v) is 2.36. The summed E-state index contributed by atoms with van der Waals surface area (Å²) in [6.07, 6.45) is 1.37. The summed E-state index contributed by atoms with van der Waals surface area (Å²) < 4.78 is 15.4. The van der Waals surface area contributed by atoms with Crippen LogP contribution in [0.25, 0.3) is 6.08 Å². The van der Waals surface area contributed by atoms with Gasteiger partial charge in [-0.1, -0.05) is 36.4 Å². The van der Waals surface area contributed by atoms with Crippen LogP contribution in [-0.4, -0.2) is 25.3 Å². The van der Waals surface area contributed by atoms with Crippen LogP contribution in [0.3, 0.4) is 0 Å². The van der Waals surface area contributed by atoms with E-state index in [-0.39, 0.29) is 12.4 Å². The van der Waals surface area contributed by atoms with Crippen molar-refractivity contribution in [3.8, 4) is 17.6 Å².